The molecule has 0 saturated carbocycles. The Morgan fingerprint density at radius 1 is 1.27 bits per heavy atom. The molecule has 0 fully saturated rings. The molecule has 0 atom stereocenters. The van der Waals surface area contributed by atoms with Crippen molar-refractivity contribution < 1.29 is 17.9 Å². The van der Waals surface area contributed by atoms with Crippen LogP contribution in [-0.2, 0) is 12.3 Å². The number of alkyl halides is 4. The van der Waals surface area contributed by atoms with Gasteiger partial charge >= 0.3 is 6.36 Å². The highest BCUT2D eigenvalue weighted by Gasteiger charge is 2.31. The topological polar surface area (TPSA) is 9.23 Å². The minimum Gasteiger partial charge on any atom is -0.406 e. The van der Waals surface area contributed by atoms with Gasteiger partial charge in [-0.25, -0.2) is 0 Å². The van der Waals surface area contributed by atoms with Crippen molar-refractivity contribution in [3.8, 4) is 5.75 Å². The van der Waals surface area contributed by atoms with Crippen molar-refractivity contribution in [1.82, 2.24) is 0 Å². The maximum absolute atomic E-state index is 11.9. The first-order valence-corrected chi connectivity index (χ1v) is 4.93. The van der Waals surface area contributed by atoms with Crippen molar-refractivity contribution in [3.05, 3.63) is 29.3 Å². The third-order valence-electron chi connectivity index (χ3n) is 1.94. The Labute approximate surface area is 90.8 Å². The molecule has 0 heterocycles. The van der Waals surface area contributed by atoms with Crippen LogP contribution in [0.5, 0.6) is 5.75 Å². The fourth-order valence-corrected chi connectivity index (χ4v) is 1.52. The smallest absolute Gasteiger partial charge is 0.406 e. The second kappa shape index (κ2) is 4.75. The molecule has 0 spiro atoms. The Morgan fingerprint density at radius 2 is 1.93 bits per heavy atom. The van der Waals surface area contributed by atoms with Gasteiger partial charge in [0.15, 0.2) is 0 Å². The van der Waals surface area contributed by atoms with E-state index in [0.717, 1.165) is 12.0 Å². The zero-order valence-electron chi connectivity index (χ0n) is 8.07. The second-order valence-electron chi connectivity index (χ2n) is 2.97. The lowest BCUT2D eigenvalue weighted by Crippen LogP contribution is -2.17. The van der Waals surface area contributed by atoms with E-state index in [-0.39, 0.29) is 11.6 Å². The van der Waals surface area contributed by atoms with Gasteiger partial charge in [0.25, 0.3) is 0 Å². The molecule has 0 bridgehead atoms. The van der Waals surface area contributed by atoms with E-state index < -0.39 is 6.36 Å². The van der Waals surface area contributed by atoms with Crippen molar-refractivity contribution in [2.75, 3.05) is 0 Å². The van der Waals surface area contributed by atoms with Gasteiger partial charge in [0, 0.05) is 5.88 Å². The van der Waals surface area contributed by atoms with E-state index in [1.165, 1.54) is 12.1 Å². The molecule has 0 aliphatic rings. The van der Waals surface area contributed by atoms with E-state index in [1.807, 2.05) is 6.92 Å². The van der Waals surface area contributed by atoms with Crippen molar-refractivity contribution in [2.45, 2.75) is 25.6 Å². The summed E-state index contributed by atoms with van der Waals surface area (Å²) in [6.45, 7) is 1.91. The molecule has 0 aliphatic heterocycles. The summed E-state index contributed by atoms with van der Waals surface area (Å²) in [5.74, 6) is -0.0477. The van der Waals surface area contributed by atoms with Crippen molar-refractivity contribution >= 4 is 11.6 Å². The van der Waals surface area contributed by atoms with E-state index in [0.29, 0.717) is 5.56 Å². The lowest BCUT2D eigenvalue weighted by Gasteiger charge is -2.11. The van der Waals surface area contributed by atoms with Crippen LogP contribution in [0.4, 0.5) is 13.2 Å². The summed E-state index contributed by atoms with van der Waals surface area (Å²) >= 11 is 5.62. The highest BCUT2D eigenvalue weighted by molar-refractivity contribution is 6.17. The molecule has 5 heteroatoms. The largest absolute Gasteiger partial charge is 0.573 e. The number of hydrogen-bond acceptors (Lipinski definition) is 1. The van der Waals surface area contributed by atoms with E-state index in [2.05, 4.69) is 4.74 Å². The molecule has 0 aliphatic carbocycles. The Kier molecular flexibility index (Phi) is 3.85. The second-order valence-corrected chi connectivity index (χ2v) is 3.23. The van der Waals surface area contributed by atoms with Crippen molar-refractivity contribution in [3.63, 3.8) is 0 Å². The van der Waals surface area contributed by atoms with Crippen LogP contribution < -0.4 is 4.74 Å². The number of benzene rings is 1. The minimum absolute atomic E-state index is 0.179. The van der Waals surface area contributed by atoms with E-state index in [1.54, 1.807) is 6.07 Å². The van der Waals surface area contributed by atoms with Gasteiger partial charge in [-0.1, -0.05) is 13.0 Å². The zero-order chi connectivity index (χ0) is 11.5. The third-order valence-corrected chi connectivity index (χ3v) is 2.22. The average Bonchev–Trinajstić information content (AvgIpc) is 2.15. The molecule has 1 aromatic carbocycles. The van der Waals surface area contributed by atoms with Crippen molar-refractivity contribution in [1.29, 1.82) is 0 Å². The Bertz CT molecular complexity index is 336. The van der Waals surface area contributed by atoms with E-state index >= 15 is 0 Å². The molecule has 1 aromatic rings. The summed E-state index contributed by atoms with van der Waals surface area (Å²) in [5, 5.41) is 0. The molecule has 84 valence electrons. The van der Waals surface area contributed by atoms with Crippen LogP contribution in [0, 0.1) is 0 Å². The van der Waals surface area contributed by atoms with Gasteiger partial charge < -0.3 is 4.74 Å². The van der Waals surface area contributed by atoms with Gasteiger partial charge in [0.05, 0.1) is 0 Å². The van der Waals surface area contributed by atoms with E-state index in [4.69, 9.17) is 11.6 Å². The molecule has 1 rings (SSSR count). The fourth-order valence-electron chi connectivity index (χ4n) is 1.27. The molecule has 0 unspecified atom stereocenters. The maximum atomic E-state index is 11.9. The predicted octanol–water partition coefficient (Wildman–Crippen LogP) is 3.89. The molecule has 0 radical (unpaired) electrons. The van der Waals surface area contributed by atoms with Gasteiger partial charge in [0.2, 0.25) is 0 Å². The summed E-state index contributed by atoms with van der Waals surface area (Å²) in [6.07, 6.45) is -3.92. The number of aryl methyl sites for hydroxylation is 1. The molecule has 0 N–H and O–H groups in total. The monoisotopic (exact) mass is 238 g/mol. The lowest BCUT2D eigenvalue weighted by molar-refractivity contribution is -0.274. The number of halogens is 4. The number of hydrogen-bond donors (Lipinski definition) is 0. The van der Waals surface area contributed by atoms with Crippen LogP contribution in [0.3, 0.4) is 0 Å². The fraction of sp³-hybridized carbons (Fsp3) is 0.400. The molecule has 0 aromatic heterocycles. The van der Waals surface area contributed by atoms with Crippen LogP contribution in [0.15, 0.2) is 18.2 Å². The molecule has 0 saturated heterocycles. The van der Waals surface area contributed by atoms with Crippen LogP contribution in [-0.4, -0.2) is 6.36 Å². The highest BCUT2D eigenvalue weighted by Crippen LogP contribution is 2.26. The summed E-state index contributed by atoms with van der Waals surface area (Å²) in [6, 6.07) is 4.21. The lowest BCUT2D eigenvalue weighted by atomic mass is 10.1. The van der Waals surface area contributed by atoms with Gasteiger partial charge in [-0.2, -0.15) is 0 Å². The maximum Gasteiger partial charge on any atom is 0.573 e. The summed E-state index contributed by atoms with van der Waals surface area (Å²) in [4.78, 5) is 0. The molecule has 1 nitrogen and oxygen atoms in total. The molecular weight excluding hydrogens is 229 g/mol. The van der Waals surface area contributed by atoms with Gasteiger partial charge in [0.1, 0.15) is 5.75 Å². The number of rotatable bonds is 3. The quantitative estimate of drug-likeness (QED) is 0.726. The SMILES string of the molecule is CCc1ccc(OC(F)(F)F)cc1CCl. The van der Waals surface area contributed by atoms with Gasteiger partial charge in [-0.3, -0.25) is 0 Å². The highest BCUT2D eigenvalue weighted by atomic mass is 35.5. The van der Waals surface area contributed by atoms with Crippen LogP contribution in [0.2, 0.25) is 0 Å². The average molecular weight is 239 g/mol. The van der Waals surface area contributed by atoms with Crippen LogP contribution >= 0.6 is 11.6 Å². The molecular formula is C10H10ClF3O. The predicted molar refractivity (Wildman–Crippen MR) is 52.1 cm³/mol. The summed E-state index contributed by atoms with van der Waals surface area (Å²) in [7, 11) is 0. The van der Waals surface area contributed by atoms with Crippen LogP contribution in [0.1, 0.15) is 18.1 Å². The first-order valence-electron chi connectivity index (χ1n) is 4.39. The standard InChI is InChI=1S/C10H10ClF3O/c1-2-7-3-4-9(5-8(7)6-11)15-10(12,13)14/h3-5H,2,6H2,1H3. The number of ether oxygens (including phenoxy) is 1. The summed E-state index contributed by atoms with van der Waals surface area (Å²) in [5.41, 5.74) is 1.60. The first-order chi connectivity index (χ1) is 6.96. The Hall–Kier alpha value is -0.900. The molecule has 0 amide bonds. The first kappa shape index (κ1) is 12.2. The van der Waals surface area contributed by atoms with Crippen molar-refractivity contribution in [2.24, 2.45) is 0 Å². The minimum atomic E-state index is -4.66. The summed E-state index contributed by atoms with van der Waals surface area (Å²) < 4.78 is 39.5. The van der Waals surface area contributed by atoms with Gasteiger partial charge in [-0.05, 0) is 29.7 Å². The van der Waals surface area contributed by atoms with Gasteiger partial charge in [-0.15, -0.1) is 24.8 Å². The normalized spacial score (nSPS) is 11.5. The third kappa shape index (κ3) is 3.63. The molecule has 15 heavy (non-hydrogen) atoms. The van der Waals surface area contributed by atoms with E-state index in [9.17, 15) is 13.2 Å². The Morgan fingerprint density at radius 3 is 2.40 bits per heavy atom. The Balaban J connectivity index is 2.93. The van der Waals surface area contributed by atoms with Crippen LogP contribution in [0.25, 0.3) is 0 Å². The zero-order valence-corrected chi connectivity index (χ0v) is 8.82.